The zero-order chi connectivity index (χ0) is 21.6. The zero-order valence-electron chi connectivity index (χ0n) is 17.7. The predicted molar refractivity (Wildman–Crippen MR) is 124 cm³/mol. The smallest absolute Gasteiger partial charge is 0.261 e. The fourth-order valence-corrected chi connectivity index (χ4v) is 4.71. The van der Waals surface area contributed by atoms with Gasteiger partial charge in [0.05, 0.1) is 37.3 Å². The van der Waals surface area contributed by atoms with Crippen LogP contribution in [0.2, 0.25) is 0 Å². The topological polar surface area (TPSA) is 60.0 Å². The third kappa shape index (κ3) is 5.00. The minimum absolute atomic E-state index is 0.0940. The Morgan fingerprint density at radius 2 is 1.71 bits per heavy atom. The van der Waals surface area contributed by atoms with Crippen molar-refractivity contribution < 1.29 is 19.0 Å². The molecular weight excluding hydrogens is 412 g/mol. The van der Waals surface area contributed by atoms with Crippen LogP contribution < -0.4 is 19.7 Å². The molecule has 7 heteroatoms. The molecule has 2 heterocycles. The first kappa shape index (κ1) is 21.2. The zero-order valence-corrected chi connectivity index (χ0v) is 18.5. The van der Waals surface area contributed by atoms with Crippen molar-refractivity contribution in [2.45, 2.75) is 6.54 Å². The first-order valence-electron chi connectivity index (χ1n) is 10.2. The molecule has 0 atom stereocenters. The van der Waals surface area contributed by atoms with Crippen LogP contribution in [0.1, 0.15) is 15.2 Å². The lowest BCUT2D eigenvalue weighted by atomic mass is 10.1. The summed E-state index contributed by atoms with van der Waals surface area (Å²) < 4.78 is 16.1. The lowest BCUT2D eigenvalue weighted by molar-refractivity contribution is 0.0955. The molecule has 1 fully saturated rings. The van der Waals surface area contributed by atoms with Gasteiger partial charge in [-0.2, -0.15) is 0 Å². The summed E-state index contributed by atoms with van der Waals surface area (Å²) in [4.78, 5) is 16.0. The highest BCUT2D eigenvalue weighted by Gasteiger charge is 2.22. The molecule has 31 heavy (non-hydrogen) atoms. The van der Waals surface area contributed by atoms with Gasteiger partial charge < -0.3 is 24.4 Å². The van der Waals surface area contributed by atoms with Gasteiger partial charge in [-0.3, -0.25) is 4.79 Å². The van der Waals surface area contributed by atoms with Crippen molar-refractivity contribution in [3.05, 3.63) is 65.0 Å². The number of hydrogen-bond acceptors (Lipinski definition) is 6. The monoisotopic (exact) mass is 438 g/mol. The Bertz CT molecular complexity index is 1010. The van der Waals surface area contributed by atoms with E-state index in [0.29, 0.717) is 36.1 Å². The Morgan fingerprint density at radius 3 is 2.35 bits per heavy atom. The molecule has 3 aromatic rings. The second-order valence-corrected chi connectivity index (χ2v) is 8.23. The molecule has 4 rings (SSSR count). The number of carbonyl (C=O) groups excluding carboxylic acids is 1. The number of nitrogens with zero attached hydrogens (tertiary/aromatic N) is 1. The predicted octanol–water partition coefficient (Wildman–Crippen LogP) is 4.20. The van der Waals surface area contributed by atoms with Crippen LogP contribution in [-0.4, -0.2) is 46.4 Å². The fourth-order valence-electron chi connectivity index (χ4n) is 3.56. The van der Waals surface area contributed by atoms with Crippen LogP contribution in [0.25, 0.3) is 11.1 Å². The Hall–Kier alpha value is -3.03. The van der Waals surface area contributed by atoms with Crippen LogP contribution >= 0.6 is 11.3 Å². The lowest BCUT2D eigenvalue weighted by Gasteiger charge is -2.28. The van der Waals surface area contributed by atoms with Crippen molar-refractivity contribution in [1.29, 1.82) is 0 Å². The summed E-state index contributed by atoms with van der Waals surface area (Å²) in [6.07, 6.45) is 0. The number of benzene rings is 2. The van der Waals surface area contributed by atoms with Crippen LogP contribution in [0.5, 0.6) is 11.5 Å². The van der Waals surface area contributed by atoms with Crippen molar-refractivity contribution >= 4 is 22.2 Å². The highest BCUT2D eigenvalue weighted by molar-refractivity contribution is 7.18. The van der Waals surface area contributed by atoms with Gasteiger partial charge in [-0.15, -0.1) is 11.3 Å². The van der Waals surface area contributed by atoms with Crippen molar-refractivity contribution in [3.8, 4) is 22.6 Å². The largest absolute Gasteiger partial charge is 0.497 e. The molecule has 1 aliphatic rings. The molecule has 0 aliphatic carbocycles. The summed E-state index contributed by atoms with van der Waals surface area (Å²) in [5.41, 5.74) is 3.11. The molecule has 0 saturated carbocycles. The molecule has 1 saturated heterocycles. The molecule has 2 aromatic carbocycles. The van der Waals surface area contributed by atoms with Gasteiger partial charge in [0.1, 0.15) is 11.5 Å². The summed E-state index contributed by atoms with van der Waals surface area (Å²) in [7, 11) is 3.22. The maximum Gasteiger partial charge on any atom is 0.261 e. The van der Waals surface area contributed by atoms with Crippen LogP contribution in [-0.2, 0) is 11.3 Å². The molecule has 0 bridgehead atoms. The van der Waals surface area contributed by atoms with Crippen LogP contribution in [0.4, 0.5) is 5.00 Å². The Kier molecular flexibility index (Phi) is 6.74. The third-order valence-electron chi connectivity index (χ3n) is 5.18. The van der Waals surface area contributed by atoms with E-state index in [1.54, 1.807) is 14.2 Å². The van der Waals surface area contributed by atoms with Gasteiger partial charge in [0, 0.05) is 31.3 Å². The summed E-state index contributed by atoms with van der Waals surface area (Å²) in [5, 5.41) is 4.14. The second kappa shape index (κ2) is 9.85. The molecular formula is C24H26N2O4S. The Morgan fingerprint density at radius 1 is 1.03 bits per heavy atom. The van der Waals surface area contributed by atoms with Crippen LogP contribution in [0, 0.1) is 0 Å². The number of anilines is 1. The van der Waals surface area contributed by atoms with E-state index in [9.17, 15) is 4.79 Å². The average Bonchev–Trinajstić information content (AvgIpc) is 3.29. The maximum atomic E-state index is 13.0. The number of rotatable bonds is 7. The highest BCUT2D eigenvalue weighted by Crippen LogP contribution is 2.39. The molecule has 6 nitrogen and oxygen atoms in total. The molecule has 0 unspecified atom stereocenters. The van der Waals surface area contributed by atoms with E-state index in [4.69, 9.17) is 14.2 Å². The number of morpholine rings is 1. The first-order chi connectivity index (χ1) is 15.2. The van der Waals surface area contributed by atoms with E-state index in [0.717, 1.165) is 34.8 Å². The molecule has 1 N–H and O–H groups in total. The number of ether oxygens (including phenoxy) is 3. The molecule has 1 amide bonds. The van der Waals surface area contributed by atoms with Gasteiger partial charge >= 0.3 is 0 Å². The Balaban J connectivity index is 1.56. The summed E-state index contributed by atoms with van der Waals surface area (Å²) in [6.45, 7) is 3.44. The van der Waals surface area contributed by atoms with Gasteiger partial charge in [-0.1, -0.05) is 30.3 Å². The van der Waals surface area contributed by atoms with Gasteiger partial charge in [0.25, 0.3) is 5.91 Å². The quantitative estimate of drug-likeness (QED) is 0.599. The van der Waals surface area contributed by atoms with Crippen molar-refractivity contribution in [3.63, 3.8) is 0 Å². The van der Waals surface area contributed by atoms with Crippen molar-refractivity contribution in [1.82, 2.24) is 5.32 Å². The van der Waals surface area contributed by atoms with Crippen molar-refractivity contribution in [2.75, 3.05) is 45.4 Å². The number of hydrogen-bond donors (Lipinski definition) is 1. The number of nitrogens with one attached hydrogen (secondary N) is 1. The first-order valence-corrected chi connectivity index (χ1v) is 11.0. The lowest BCUT2D eigenvalue weighted by Crippen LogP contribution is -2.35. The Labute approximate surface area is 186 Å². The molecule has 0 spiro atoms. The minimum Gasteiger partial charge on any atom is -0.497 e. The standard InChI is InChI=1S/C24H26N2O4S/c1-28-19-12-17(13-20(14-19)29-2)16-25-23(27)22-15-21(18-6-4-3-5-7-18)24(31-22)26-8-10-30-11-9-26/h3-7,12-15H,8-11,16H2,1-2H3,(H,25,27). The highest BCUT2D eigenvalue weighted by atomic mass is 32.1. The van der Waals surface area contributed by atoms with Gasteiger partial charge in [0.2, 0.25) is 0 Å². The number of amides is 1. The van der Waals surface area contributed by atoms with E-state index < -0.39 is 0 Å². The van der Waals surface area contributed by atoms with E-state index in [2.05, 4.69) is 22.3 Å². The summed E-state index contributed by atoms with van der Waals surface area (Å²) in [6, 6.07) is 17.8. The van der Waals surface area contributed by atoms with E-state index in [-0.39, 0.29) is 5.91 Å². The molecule has 0 radical (unpaired) electrons. The molecule has 1 aliphatic heterocycles. The van der Waals surface area contributed by atoms with E-state index >= 15 is 0 Å². The minimum atomic E-state index is -0.0940. The maximum absolute atomic E-state index is 13.0. The summed E-state index contributed by atoms with van der Waals surface area (Å²) >= 11 is 1.53. The number of methoxy groups -OCH3 is 2. The normalized spacial score (nSPS) is 13.7. The molecule has 162 valence electrons. The van der Waals surface area contributed by atoms with E-state index in [1.807, 2.05) is 42.5 Å². The third-order valence-corrected chi connectivity index (χ3v) is 6.38. The van der Waals surface area contributed by atoms with Crippen LogP contribution in [0.15, 0.2) is 54.6 Å². The SMILES string of the molecule is COc1cc(CNC(=O)c2cc(-c3ccccc3)c(N3CCOCC3)s2)cc(OC)c1. The van der Waals surface area contributed by atoms with Gasteiger partial charge in [0.15, 0.2) is 0 Å². The molecule has 1 aromatic heterocycles. The second-order valence-electron chi connectivity index (χ2n) is 7.20. The number of carbonyl (C=O) groups is 1. The van der Waals surface area contributed by atoms with Crippen LogP contribution in [0.3, 0.4) is 0 Å². The fraction of sp³-hybridized carbons (Fsp3) is 0.292. The van der Waals surface area contributed by atoms with Gasteiger partial charge in [-0.05, 0) is 29.3 Å². The van der Waals surface area contributed by atoms with E-state index in [1.165, 1.54) is 11.3 Å². The van der Waals surface area contributed by atoms with Crippen molar-refractivity contribution in [2.24, 2.45) is 0 Å². The summed E-state index contributed by atoms with van der Waals surface area (Å²) in [5.74, 6) is 1.30. The van der Waals surface area contributed by atoms with Gasteiger partial charge in [-0.25, -0.2) is 0 Å². The average molecular weight is 439 g/mol. The number of thiophene rings is 1.